The second-order valence-electron chi connectivity index (χ2n) is 17.9. The minimum atomic E-state index is 0.905. The quantitative estimate of drug-likeness (QED) is 0.145. The topological polar surface area (TPSA) is 32.8 Å². The van der Waals surface area contributed by atoms with Gasteiger partial charge < -0.3 is 18.6 Å². The van der Waals surface area contributed by atoms with E-state index < -0.39 is 0 Å². The second-order valence-corrected chi connectivity index (χ2v) is 17.9. The van der Waals surface area contributed by atoms with Gasteiger partial charge in [-0.15, -0.1) is 0 Å². The van der Waals surface area contributed by atoms with Gasteiger partial charge in [-0.1, -0.05) is 146 Å². The van der Waals surface area contributed by atoms with E-state index in [1.807, 2.05) is 24.3 Å². The monoisotopic (exact) mass is 876 g/mol. The van der Waals surface area contributed by atoms with E-state index in [1.54, 1.807) is 0 Å². The SMILES string of the molecule is Cc1cc(N(c2ccc(-c3cccc4c3oc3ccccc34)cc2)c2ccccc2C)ccc1-c1ccc(N(c2ccc(-c3cccc4c3oc3ccccc34)cc2)c2ccccc2C)cc1C. The summed E-state index contributed by atoms with van der Waals surface area (Å²) < 4.78 is 12.8. The second kappa shape index (κ2) is 16.7. The van der Waals surface area contributed by atoms with Crippen molar-refractivity contribution in [1.82, 2.24) is 0 Å². The van der Waals surface area contributed by atoms with Crippen LogP contribution < -0.4 is 9.80 Å². The van der Waals surface area contributed by atoms with Gasteiger partial charge in [0.1, 0.15) is 22.3 Å². The third kappa shape index (κ3) is 7.01. The van der Waals surface area contributed by atoms with Crippen molar-refractivity contribution in [3.63, 3.8) is 0 Å². The Morgan fingerprint density at radius 3 is 1.06 bits per heavy atom. The van der Waals surface area contributed by atoms with Crippen LogP contribution in [-0.2, 0) is 0 Å². The smallest absolute Gasteiger partial charge is 0.143 e. The first-order valence-electron chi connectivity index (χ1n) is 23.3. The van der Waals surface area contributed by atoms with Crippen LogP contribution in [0.15, 0.2) is 227 Å². The lowest BCUT2D eigenvalue weighted by Gasteiger charge is -2.29. The average Bonchev–Trinajstić information content (AvgIpc) is 3.95. The maximum atomic E-state index is 6.42. The zero-order valence-corrected chi connectivity index (χ0v) is 38.5. The fourth-order valence-electron chi connectivity index (χ4n) is 10.2. The van der Waals surface area contributed by atoms with E-state index in [9.17, 15) is 0 Å². The van der Waals surface area contributed by atoms with Gasteiger partial charge in [0.05, 0.1) is 0 Å². The number of rotatable bonds is 9. The zero-order chi connectivity index (χ0) is 45.9. The summed E-state index contributed by atoms with van der Waals surface area (Å²) in [6, 6.07) is 78.1. The van der Waals surface area contributed by atoms with Gasteiger partial charge in [0.2, 0.25) is 0 Å². The number of nitrogens with zero attached hydrogens (tertiary/aromatic N) is 2. The van der Waals surface area contributed by atoms with Crippen LogP contribution in [0, 0.1) is 27.7 Å². The van der Waals surface area contributed by atoms with Gasteiger partial charge >= 0.3 is 0 Å². The van der Waals surface area contributed by atoms with E-state index in [4.69, 9.17) is 8.83 Å². The number of aryl methyl sites for hydroxylation is 4. The highest BCUT2D eigenvalue weighted by atomic mass is 16.3. The molecular weight excluding hydrogens is 829 g/mol. The van der Waals surface area contributed by atoms with Crippen LogP contribution in [-0.4, -0.2) is 0 Å². The molecule has 12 aromatic rings. The predicted octanol–water partition coefficient (Wildman–Crippen LogP) is 18.7. The molecule has 68 heavy (non-hydrogen) atoms. The lowest BCUT2D eigenvalue weighted by Crippen LogP contribution is -2.12. The lowest BCUT2D eigenvalue weighted by molar-refractivity contribution is 0.669. The number of furan rings is 2. The van der Waals surface area contributed by atoms with E-state index in [-0.39, 0.29) is 0 Å². The normalized spacial score (nSPS) is 11.5. The Kier molecular flexibility index (Phi) is 10.0. The van der Waals surface area contributed by atoms with Gasteiger partial charge in [-0.05, 0) is 145 Å². The first-order chi connectivity index (χ1) is 33.4. The minimum absolute atomic E-state index is 0.905. The number of fused-ring (bicyclic) bond motifs is 6. The molecule has 0 saturated carbocycles. The summed E-state index contributed by atoms with van der Waals surface area (Å²) in [6.45, 7) is 8.82. The van der Waals surface area contributed by atoms with Crippen molar-refractivity contribution in [2.45, 2.75) is 27.7 Å². The summed E-state index contributed by atoms with van der Waals surface area (Å²) in [5.41, 5.74) is 21.9. The molecule has 326 valence electrons. The van der Waals surface area contributed by atoms with Gasteiger partial charge in [0, 0.05) is 66.8 Å². The summed E-state index contributed by atoms with van der Waals surface area (Å²) in [7, 11) is 0. The number of hydrogen-bond donors (Lipinski definition) is 0. The van der Waals surface area contributed by atoms with Crippen molar-refractivity contribution in [3.8, 4) is 33.4 Å². The van der Waals surface area contributed by atoms with E-state index in [1.165, 1.54) is 33.4 Å². The summed E-state index contributed by atoms with van der Waals surface area (Å²) in [5, 5.41) is 4.54. The fourth-order valence-corrected chi connectivity index (χ4v) is 10.2. The third-order valence-corrected chi connectivity index (χ3v) is 13.6. The molecule has 4 nitrogen and oxygen atoms in total. The molecule has 0 unspecified atom stereocenters. The minimum Gasteiger partial charge on any atom is -0.455 e. The molecule has 0 aliphatic carbocycles. The highest BCUT2D eigenvalue weighted by Crippen LogP contribution is 2.44. The van der Waals surface area contributed by atoms with Gasteiger partial charge in [0.25, 0.3) is 0 Å². The van der Waals surface area contributed by atoms with Crippen molar-refractivity contribution < 1.29 is 8.83 Å². The average molecular weight is 877 g/mol. The van der Waals surface area contributed by atoms with Gasteiger partial charge in [-0.2, -0.15) is 0 Å². The van der Waals surface area contributed by atoms with Gasteiger partial charge in [0.15, 0.2) is 0 Å². The molecule has 0 bridgehead atoms. The van der Waals surface area contributed by atoms with Crippen LogP contribution in [0.5, 0.6) is 0 Å². The molecule has 0 atom stereocenters. The molecule has 0 N–H and O–H groups in total. The zero-order valence-electron chi connectivity index (χ0n) is 38.5. The third-order valence-electron chi connectivity index (χ3n) is 13.6. The Bertz CT molecular complexity index is 3600. The Morgan fingerprint density at radius 2 is 0.647 bits per heavy atom. The molecule has 4 heteroatoms. The maximum absolute atomic E-state index is 6.42. The van der Waals surface area contributed by atoms with Crippen molar-refractivity contribution in [2.24, 2.45) is 0 Å². The van der Waals surface area contributed by atoms with Crippen molar-refractivity contribution >= 4 is 78.0 Å². The Balaban J connectivity index is 0.880. The van der Waals surface area contributed by atoms with E-state index >= 15 is 0 Å². The highest BCUT2D eigenvalue weighted by molar-refractivity contribution is 6.10. The Morgan fingerprint density at radius 1 is 0.279 bits per heavy atom. The molecule has 0 aliphatic rings. The largest absolute Gasteiger partial charge is 0.455 e. The summed E-state index contributed by atoms with van der Waals surface area (Å²) in [5.74, 6) is 0. The maximum Gasteiger partial charge on any atom is 0.143 e. The van der Waals surface area contributed by atoms with Crippen LogP contribution in [0.3, 0.4) is 0 Å². The Hall–Kier alpha value is -8.60. The van der Waals surface area contributed by atoms with Crippen LogP contribution in [0.4, 0.5) is 34.1 Å². The molecule has 2 aromatic heterocycles. The number of anilines is 6. The number of para-hydroxylation sites is 6. The van der Waals surface area contributed by atoms with Crippen LogP contribution in [0.25, 0.3) is 77.3 Å². The summed E-state index contributed by atoms with van der Waals surface area (Å²) >= 11 is 0. The van der Waals surface area contributed by atoms with Crippen LogP contribution in [0.2, 0.25) is 0 Å². The fraction of sp³-hybridized carbons (Fsp3) is 0.0625. The first-order valence-corrected chi connectivity index (χ1v) is 23.3. The summed E-state index contributed by atoms with van der Waals surface area (Å²) in [4.78, 5) is 4.74. The Labute approximate surface area is 396 Å². The van der Waals surface area contributed by atoms with Crippen LogP contribution >= 0.6 is 0 Å². The van der Waals surface area contributed by atoms with E-state index in [0.29, 0.717) is 0 Å². The molecule has 0 aliphatic heterocycles. The van der Waals surface area contributed by atoms with E-state index in [0.717, 1.165) is 100 Å². The summed E-state index contributed by atoms with van der Waals surface area (Å²) in [6.07, 6.45) is 0. The lowest BCUT2D eigenvalue weighted by atomic mass is 9.95. The van der Waals surface area contributed by atoms with Gasteiger partial charge in [-0.3, -0.25) is 0 Å². The number of hydrogen-bond acceptors (Lipinski definition) is 4. The van der Waals surface area contributed by atoms with Crippen LogP contribution in [0.1, 0.15) is 22.3 Å². The van der Waals surface area contributed by atoms with Crippen molar-refractivity contribution in [2.75, 3.05) is 9.80 Å². The molecule has 0 spiro atoms. The molecular formula is C64H48N2O2. The van der Waals surface area contributed by atoms with Crippen molar-refractivity contribution in [3.05, 3.63) is 241 Å². The molecule has 10 aromatic carbocycles. The standard InChI is InChI=1S/C64H48N2O2/c1-41-15-5-9-23-59(41)65(47-31-27-45(28-32-47)53-19-13-21-57-55-17-7-11-25-61(55)67-63(53)57)49-35-37-51(43(3)39-49)52-38-36-50(40-44(52)4)66(60-24-10-6-16-42(60)2)48-33-29-46(30-34-48)54-20-14-22-58-56-18-8-12-26-62(56)68-64(54)58/h5-40H,1-4H3. The van der Waals surface area contributed by atoms with Crippen molar-refractivity contribution in [1.29, 1.82) is 0 Å². The van der Waals surface area contributed by atoms with E-state index in [2.05, 4.69) is 232 Å². The molecule has 0 fully saturated rings. The number of benzene rings is 10. The molecule has 0 amide bonds. The highest BCUT2D eigenvalue weighted by Gasteiger charge is 2.21. The van der Waals surface area contributed by atoms with Gasteiger partial charge in [-0.25, -0.2) is 0 Å². The predicted molar refractivity (Wildman–Crippen MR) is 286 cm³/mol. The molecule has 2 heterocycles. The molecule has 0 radical (unpaired) electrons. The molecule has 0 saturated heterocycles. The molecule has 12 rings (SSSR count). The first kappa shape index (κ1) is 40.9.